The lowest BCUT2D eigenvalue weighted by atomic mass is 10.2. The van der Waals surface area contributed by atoms with Crippen molar-refractivity contribution < 1.29 is 0 Å². The third-order valence-electron chi connectivity index (χ3n) is 3.27. The first-order valence-electron chi connectivity index (χ1n) is 6.50. The lowest BCUT2D eigenvalue weighted by molar-refractivity contribution is 1.34. The number of hydrogen-bond donors (Lipinski definition) is 0. The number of allylic oxidation sites excluding steroid dienone is 2. The zero-order valence-electron chi connectivity index (χ0n) is 10.8. The number of benzene rings is 2. The first-order valence-corrected chi connectivity index (χ1v) is 8.54. The van der Waals surface area contributed by atoms with Crippen molar-refractivity contribution in [2.24, 2.45) is 0 Å². The van der Waals surface area contributed by atoms with Gasteiger partial charge in [0.15, 0.2) is 0 Å². The fraction of sp³-hybridized carbons (Fsp3) is 0.111. The Kier molecular flexibility index (Phi) is 3.56. The van der Waals surface area contributed by atoms with Crippen LogP contribution in [0.15, 0.2) is 78.2 Å². The molecule has 0 spiro atoms. The van der Waals surface area contributed by atoms with Crippen molar-refractivity contribution in [2.45, 2.75) is 11.5 Å². The van der Waals surface area contributed by atoms with Crippen molar-refractivity contribution in [3.8, 4) is 0 Å². The van der Waals surface area contributed by atoms with Gasteiger partial charge in [-0.3, -0.25) is 0 Å². The van der Waals surface area contributed by atoms with Crippen molar-refractivity contribution in [1.29, 1.82) is 0 Å². The largest absolute Gasteiger partial charge is 0.185 e. The Hall–Kier alpha value is -1.73. The SMILES string of the molecule is [C]1=CC=CS1(Cc1ccccc1)Cc1ccccc1. The minimum Gasteiger partial charge on any atom is -0.185 e. The molecule has 0 aliphatic carbocycles. The maximum atomic E-state index is 3.61. The molecule has 95 valence electrons. The van der Waals surface area contributed by atoms with Crippen LogP contribution in [0.1, 0.15) is 11.1 Å². The van der Waals surface area contributed by atoms with Crippen LogP contribution in [-0.2, 0) is 11.5 Å². The van der Waals surface area contributed by atoms with Gasteiger partial charge >= 0.3 is 0 Å². The van der Waals surface area contributed by atoms with Crippen LogP contribution in [-0.4, -0.2) is 0 Å². The highest BCUT2D eigenvalue weighted by molar-refractivity contribution is 8.36. The standard InChI is InChI=1S/C18H17S/c1-3-9-17(10-4-1)15-19(13-7-8-14-19)16-18-11-5-2-6-12-18/h1-13H,15-16H2. The molecule has 0 atom stereocenters. The molecular formula is C18H17S. The van der Waals surface area contributed by atoms with E-state index in [4.69, 9.17) is 0 Å². The van der Waals surface area contributed by atoms with Crippen molar-refractivity contribution in [1.82, 2.24) is 0 Å². The van der Waals surface area contributed by atoms with E-state index in [0.29, 0.717) is 0 Å². The van der Waals surface area contributed by atoms with E-state index in [0.717, 1.165) is 11.5 Å². The van der Waals surface area contributed by atoms with Gasteiger partial charge in [0.2, 0.25) is 0 Å². The minimum absolute atomic E-state index is 0.953. The Balaban J connectivity index is 1.84. The second kappa shape index (κ2) is 5.50. The topological polar surface area (TPSA) is 0 Å². The normalized spacial score (nSPS) is 17.5. The molecule has 1 radical (unpaired) electrons. The zero-order valence-corrected chi connectivity index (χ0v) is 11.6. The summed E-state index contributed by atoms with van der Waals surface area (Å²) in [6.45, 7) is 0. The van der Waals surface area contributed by atoms with Gasteiger partial charge in [-0.25, -0.2) is 0 Å². The van der Waals surface area contributed by atoms with E-state index in [1.165, 1.54) is 11.1 Å². The Morgan fingerprint density at radius 1 is 0.737 bits per heavy atom. The van der Waals surface area contributed by atoms with Gasteiger partial charge in [0.1, 0.15) is 0 Å². The van der Waals surface area contributed by atoms with E-state index in [9.17, 15) is 0 Å². The van der Waals surface area contributed by atoms with Gasteiger partial charge in [0.05, 0.1) is 0 Å². The quantitative estimate of drug-likeness (QED) is 0.727. The fourth-order valence-electron chi connectivity index (χ4n) is 2.38. The molecule has 0 fully saturated rings. The molecule has 2 aromatic rings. The van der Waals surface area contributed by atoms with E-state index >= 15 is 0 Å². The van der Waals surface area contributed by atoms with Crippen LogP contribution in [0, 0.1) is 5.41 Å². The highest BCUT2D eigenvalue weighted by Gasteiger charge is 2.21. The number of rotatable bonds is 4. The van der Waals surface area contributed by atoms with Gasteiger partial charge in [-0.15, -0.1) is 0 Å². The van der Waals surface area contributed by atoms with Gasteiger partial charge in [-0.2, -0.15) is 10.0 Å². The maximum Gasteiger partial charge on any atom is 0.0102 e. The molecule has 0 amide bonds. The average Bonchev–Trinajstić information content (AvgIpc) is 2.89. The summed E-state index contributed by atoms with van der Waals surface area (Å²) in [5, 5.41) is 5.98. The fourth-order valence-corrected chi connectivity index (χ4v) is 5.22. The Labute approximate surface area is 116 Å². The lowest BCUT2D eigenvalue weighted by Crippen LogP contribution is -2.00. The summed E-state index contributed by atoms with van der Waals surface area (Å²) >= 11 is 0. The van der Waals surface area contributed by atoms with Crippen LogP contribution in [0.5, 0.6) is 0 Å². The molecule has 3 rings (SSSR count). The van der Waals surface area contributed by atoms with Crippen molar-refractivity contribution in [3.05, 3.63) is 94.8 Å². The summed E-state index contributed by atoms with van der Waals surface area (Å²) in [7, 11) is -0.953. The average molecular weight is 265 g/mol. The van der Waals surface area contributed by atoms with Gasteiger partial charge in [0.25, 0.3) is 0 Å². The summed E-state index contributed by atoms with van der Waals surface area (Å²) in [5.74, 6) is 2.19. The molecule has 1 aliphatic rings. The van der Waals surface area contributed by atoms with Crippen molar-refractivity contribution in [2.75, 3.05) is 0 Å². The van der Waals surface area contributed by atoms with E-state index in [2.05, 4.69) is 83.6 Å². The van der Waals surface area contributed by atoms with Gasteiger partial charge in [-0.05, 0) is 22.6 Å². The Morgan fingerprint density at radius 2 is 1.26 bits per heavy atom. The van der Waals surface area contributed by atoms with E-state index in [-0.39, 0.29) is 0 Å². The highest BCUT2D eigenvalue weighted by atomic mass is 32.3. The van der Waals surface area contributed by atoms with Crippen LogP contribution in [0.4, 0.5) is 0 Å². The van der Waals surface area contributed by atoms with Crippen LogP contribution >= 0.6 is 10.0 Å². The first-order chi connectivity index (χ1) is 9.36. The van der Waals surface area contributed by atoms with E-state index in [1.54, 1.807) is 0 Å². The molecule has 0 saturated carbocycles. The number of hydrogen-bond acceptors (Lipinski definition) is 0. The molecule has 0 bridgehead atoms. The summed E-state index contributed by atoms with van der Waals surface area (Å²) in [5.41, 5.74) is 2.81. The third kappa shape index (κ3) is 2.99. The van der Waals surface area contributed by atoms with Gasteiger partial charge < -0.3 is 0 Å². The van der Waals surface area contributed by atoms with Crippen LogP contribution in [0.2, 0.25) is 0 Å². The molecule has 0 nitrogen and oxygen atoms in total. The Bertz CT molecular complexity index is 526. The Morgan fingerprint density at radius 3 is 1.68 bits per heavy atom. The summed E-state index contributed by atoms with van der Waals surface area (Å²) in [6.07, 6.45) is 4.24. The summed E-state index contributed by atoms with van der Waals surface area (Å²) < 4.78 is 0. The zero-order chi connectivity index (χ0) is 13.0. The highest BCUT2D eigenvalue weighted by Crippen LogP contribution is 2.58. The lowest BCUT2D eigenvalue weighted by Gasteiger charge is -2.31. The molecule has 2 aromatic carbocycles. The van der Waals surface area contributed by atoms with Gasteiger partial charge in [0, 0.05) is 16.9 Å². The minimum atomic E-state index is -0.953. The van der Waals surface area contributed by atoms with Crippen LogP contribution in [0.25, 0.3) is 0 Å². The molecule has 1 aliphatic heterocycles. The van der Waals surface area contributed by atoms with Gasteiger partial charge in [-0.1, -0.05) is 66.7 Å². The van der Waals surface area contributed by atoms with Crippen LogP contribution < -0.4 is 0 Å². The monoisotopic (exact) mass is 265 g/mol. The molecule has 0 unspecified atom stereocenters. The second-order valence-corrected chi connectivity index (χ2v) is 7.79. The molecule has 19 heavy (non-hydrogen) atoms. The molecule has 0 N–H and O–H groups in total. The second-order valence-electron chi connectivity index (χ2n) is 4.82. The van der Waals surface area contributed by atoms with Crippen LogP contribution in [0.3, 0.4) is 0 Å². The molecule has 0 aromatic heterocycles. The van der Waals surface area contributed by atoms with Crippen molar-refractivity contribution >= 4 is 10.0 Å². The summed E-state index contributed by atoms with van der Waals surface area (Å²) in [6, 6.07) is 21.5. The predicted molar refractivity (Wildman–Crippen MR) is 84.8 cm³/mol. The third-order valence-corrected chi connectivity index (χ3v) is 6.25. The summed E-state index contributed by atoms with van der Waals surface area (Å²) in [4.78, 5) is 0. The maximum absolute atomic E-state index is 3.61. The first kappa shape index (κ1) is 12.3. The van der Waals surface area contributed by atoms with E-state index < -0.39 is 10.0 Å². The molecule has 1 heteroatoms. The smallest absolute Gasteiger partial charge is 0.0102 e. The molecule has 1 heterocycles. The van der Waals surface area contributed by atoms with Crippen molar-refractivity contribution in [3.63, 3.8) is 0 Å². The predicted octanol–water partition coefficient (Wildman–Crippen LogP) is 5.04. The molecule has 0 saturated heterocycles. The molecular weight excluding hydrogens is 248 g/mol. The van der Waals surface area contributed by atoms with E-state index in [1.807, 2.05) is 0 Å².